The van der Waals surface area contributed by atoms with E-state index in [1.165, 1.54) is 0 Å². The highest BCUT2D eigenvalue weighted by atomic mass is 32.2. The number of carbonyl (C=O) groups excluding carboxylic acids is 1. The predicted octanol–water partition coefficient (Wildman–Crippen LogP) is 3.02. The fraction of sp³-hybridized carbons (Fsp3) is 0.500. The molecule has 0 spiro atoms. The van der Waals surface area contributed by atoms with Crippen LogP contribution in [-0.4, -0.2) is 41.7 Å². The van der Waals surface area contributed by atoms with Gasteiger partial charge in [0.1, 0.15) is 11.1 Å². The number of hydrogen-bond acceptors (Lipinski definition) is 4. The van der Waals surface area contributed by atoms with Crippen LogP contribution in [0, 0.1) is 0 Å². The van der Waals surface area contributed by atoms with E-state index in [4.69, 9.17) is 4.74 Å². The Morgan fingerprint density at radius 1 is 1.47 bits per heavy atom. The van der Waals surface area contributed by atoms with E-state index in [-0.39, 0.29) is 11.3 Å². The summed E-state index contributed by atoms with van der Waals surface area (Å²) in [5, 5.41) is 0.0994. The van der Waals surface area contributed by atoms with Crippen LogP contribution in [0.25, 0.3) is 0 Å². The molecule has 1 aliphatic heterocycles. The van der Waals surface area contributed by atoms with Crippen LogP contribution in [-0.2, 0) is 4.79 Å². The number of hydrogen-bond donors (Lipinski definition) is 0. The summed E-state index contributed by atoms with van der Waals surface area (Å²) in [6, 6.07) is 8.03. The van der Waals surface area contributed by atoms with Crippen molar-refractivity contribution in [3.8, 4) is 5.75 Å². The molecule has 1 saturated heterocycles. The molecule has 0 aromatic heterocycles. The van der Waals surface area contributed by atoms with Crippen molar-refractivity contribution in [3.05, 3.63) is 29.8 Å². The van der Waals surface area contributed by atoms with Gasteiger partial charge in [-0.05, 0) is 19.2 Å². The molecule has 19 heavy (non-hydrogen) atoms. The molecule has 2 rings (SSSR count). The lowest BCUT2D eigenvalue weighted by molar-refractivity contribution is -0.127. The Labute approximate surface area is 123 Å². The topological polar surface area (TPSA) is 29.5 Å². The molecule has 0 saturated carbocycles. The number of para-hydroxylation sites is 1. The zero-order valence-electron chi connectivity index (χ0n) is 11.3. The second kappa shape index (κ2) is 7.10. The Morgan fingerprint density at radius 3 is 3.00 bits per heavy atom. The fourth-order valence-corrected chi connectivity index (χ4v) is 3.74. The second-order valence-corrected chi connectivity index (χ2v) is 6.27. The van der Waals surface area contributed by atoms with Gasteiger partial charge in [-0.2, -0.15) is 11.8 Å². The SMILES string of the molecule is CCOc1ccccc1C1SCC(=O)N1CCSC. The molecule has 1 atom stereocenters. The van der Waals surface area contributed by atoms with Crippen LogP contribution in [0.4, 0.5) is 0 Å². The number of benzene rings is 1. The molecule has 3 nitrogen and oxygen atoms in total. The molecule has 0 aliphatic carbocycles. The third kappa shape index (κ3) is 3.39. The minimum Gasteiger partial charge on any atom is -0.493 e. The van der Waals surface area contributed by atoms with E-state index in [2.05, 4.69) is 12.3 Å². The summed E-state index contributed by atoms with van der Waals surface area (Å²) in [5.74, 6) is 2.67. The van der Waals surface area contributed by atoms with Crippen molar-refractivity contribution in [2.45, 2.75) is 12.3 Å². The molecule has 1 unspecified atom stereocenters. The van der Waals surface area contributed by atoms with Crippen molar-refractivity contribution in [2.75, 3.05) is 30.9 Å². The van der Waals surface area contributed by atoms with Crippen LogP contribution in [0.2, 0.25) is 0 Å². The van der Waals surface area contributed by atoms with E-state index in [1.807, 2.05) is 30.0 Å². The molecule has 1 heterocycles. The van der Waals surface area contributed by atoms with Gasteiger partial charge in [0.15, 0.2) is 0 Å². The number of ether oxygens (including phenoxy) is 1. The largest absolute Gasteiger partial charge is 0.493 e. The summed E-state index contributed by atoms with van der Waals surface area (Å²) in [6.07, 6.45) is 2.07. The highest BCUT2D eigenvalue weighted by molar-refractivity contribution is 8.00. The van der Waals surface area contributed by atoms with Gasteiger partial charge in [-0.15, -0.1) is 11.8 Å². The molecule has 1 aromatic rings. The summed E-state index contributed by atoms with van der Waals surface area (Å²) in [7, 11) is 0. The van der Waals surface area contributed by atoms with Crippen LogP contribution < -0.4 is 4.74 Å². The highest BCUT2D eigenvalue weighted by Gasteiger charge is 2.33. The average molecular weight is 297 g/mol. The van der Waals surface area contributed by atoms with Gasteiger partial charge in [0.25, 0.3) is 0 Å². The van der Waals surface area contributed by atoms with Crippen molar-refractivity contribution in [2.24, 2.45) is 0 Å². The third-order valence-corrected chi connectivity index (χ3v) is 4.82. The van der Waals surface area contributed by atoms with Gasteiger partial charge < -0.3 is 9.64 Å². The Kier molecular flexibility index (Phi) is 5.45. The molecule has 1 fully saturated rings. The third-order valence-electron chi connectivity index (χ3n) is 2.99. The van der Waals surface area contributed by atoms with Crippen molar-refractivity contribution in [3.63, 3.8) is 0 Å². The molecule has 1 aromatic carbocycles. The molecule has 0 radical (unpaired) electrons. The van der Waals surface area contributed by atoms with E-state index in [1.54, 1.807) is 23.5 Å². The maximum absolute atomic E-state index is 12.0. The molecule has 0 bridgehead atoms. The first-order valence-corrected chi connectivity index (χ1v) is 8.84. The number of nitrogens with zero attached hydrogens (tertiary/aromatic N) is 1. The maximum atomic E-state index is 12.0. The van der Waals surface area contributed by atoms with Crippen molar-refractivity contribution in [1.29, 1.82) is 0 Å². The standard InChI is InChI=1S/C14H19NO2S2/c1-3-17-12-7-5-4-6-11(12)14-15(8-9-18-2)13(16)10-19-14/h4-7,14H,3,8-10H2,1-2H3. The molecule has 104 valence electrons. The Hall–Kier alpha value is -0.810. The normalized spacial score (nSPS) is 18.9. The van der Waals surface area contributed by atoms with Crippen LogP contribution in [0.1, 0.15) is 17.9 Å². The highest BCUT2D eigenvalue weighted by Crippen LogP contribution is 2.42. The average Bonchev–Trinajstić information content (AvgIpc) is 2.79. The Bertz CT molecular complexity index is 439. The number of amides is 1. The molecule has 5 heteroatoms. The van der Waals surface area contributed by atoms with Gasteiger partial charge >= 0.3 is 0 Å². The van der Waals surface area contributed by atoms with Crippen LogP contribution in [0.15, 0.2) is 24.3 Å². The van der Waals surface area contributed by atoms with Crippen molar-refractivity contribution >= 4 is 29.4 Å². The van der Waals surface area contributed by atoms with Gasteiger partial charge in [0.2, 0.25) is 5.91 Å². The van der Waals surface area contributed by atoms with Crippen molar-refractivity contribution < 1.29 is 9.53 Å². The Balaban J connectivity index is 2.21. The zero-order chi connectivity index (χ0) is 13.7. The van der Waals surface area contributed by atoms with Crippen molar-refractivity contribution in [1.82, 2.24) is 4.90 Å². The van der Waals surface area contributed by atoms with E-state index in [0.717, 1.165) is 23.6 Å². The Morgan fingerprint density at radius 2 is 2.26 bits per heavy atom. The number of carbonyl (C=O) groups is 1. The first kappa shape index (κ1) is 14.6. The van der Waals surface area contributed by atoms with E-state index < -0.39 is 0 Å². The quantitative estimate of drug-likeness (QED) is 0.807. The van der Waals surface area contributed by atoms with Gasteiger partial charge in [0.05, 0.1) is 12.4 Å². The van der Waals surface area contributed by atoms with Gasteiger partial charge in [-0.3, -0.25) is 4.79 Å². The van der Waals surface area contributed by atoms with E-state index in [0.29, 0.717) is 12.4 Å². The molecule has 0 N–H and O–H groups in total. The summed E-state index contributed by atoms with van der Waals surface area (Å²) in [5.41, 5.74) is 1.11. The van der Waals surface area contributed by atoms with Crippen LogP contribution >= 0.6 is 23.5 Å². The summed E-state index contributed by atoms with van der Waals surface area (Å²) in [4.78, 5) is 14.0. The zero-order valence-corrected chi connectivity index (χ0v) is 12.9. The summed E-state index contributed by atoms with van der Waals surface area (Å²) < 4.78 is 5.68. The smallest absolute Gasteiger partial charge is 0.233 e. The minimum absolute atomic E-state index is 0.0994. The number of rotatable bonds is 6. The predicted molar refractivity (Wildman–Crippen MR) is 82.9 cm³/mol. The van der Waals surface area contributed by atoms with E-state index in [9.17, 15) is 4.79 Å². The lowest BCUT2D eigenvalue weighted by Gasteiger charge is -2.25. The lowest BCUT2D eigenvalue weighted by atomic mass is 10.2. The van der Waals surface area contributed by atoms with Gasteiger partial charge in [-0.25, -0.2) is 0 Å². The van der Waals surface area contributed by atoms with Gasteiger partial charge in [-0.1, -0.05) is 18.2 Å². The first-order valence-electron chi connectivity index (χ1n) is 6.39. The summed E-state index contributed by atoms with van der Waals surface area (Å²) >= 11 is 3.46. The molecular formula is C14H19NO2S2. The lowest BCUT2D eigenvalue weighted by Crippen LogP contribution is -2.30. The summed E-state index contributed by atoms with van der Waals surface area (Å²) in [6.45, 7) is 3.43. The van der Waals surface area contributed by atoms with E-state index >= 15 is 0 Å². The fourth-order valence-electron chi connectivity index (χ4n) is 2.11. The maximum Gasteiger partial charge on any atom is 0.233 e. The minimum atomic E-state index is 0.0994. The van der Waals surface area contributed by atoms with Crippen LogP contribution in [0.3, 0.4) is 0 Å². The second-order valence-electron chi connectivity index (χ2n) is 4.21. The van der Waals surface area contributed by atoms with Crippen LogP contribution in [0.5, 0.6) is 5.75 Å². The first-order chi connectivity index (χ1) is 9.27. The van der Waals surface area contributed by atoms with Gasteiger partial charge in [0, 0.05) is 17.9 Å². The molecule has 1 aliphatic rings. The molecule has 1 amide bonds. The number of thioether (sulfide) groups is 2. The molecular weight excluding hydrogens is 278 g/mol. The monoisotopic (exact) mass is 297 g/mol.